The number of aryl methyl sites for hydroxylation is 2. The van der Waals surface area contributed by atoms with E-state index in [1.807, 2.05) is 0 Å². The molecule has 0 spiro atoms. The number of carbonyl (C=O) groups is 2. The predicted molar refractivity (Wildman–Crippen MR) is 104 cm³/mol. The van der Waals surface area contributed by atoms with Gasteiger partial charge in [-0.05, 0) is 37.1 Å². The van der Waals surface area contributed by atoms with Gasteiger partial charge >= 0.3 is 18.3 Å². The van der Waals surface area contributed by atoms with E-state index in [1.165, 1.54) is 0 Å². The second kappa shape index (κ2) is 10.5. The summed E-state index contributed by atoms with van der Waals surface area (Å²) in [5, 5.41) is 0. The number of ether oxygens (including phenoxy) is 1. The van der Waals surface area contributed by atoms with Gasteiger partial charge < -0.3 is 16.2 Å². The number of hydrogen-bond donors (Lipinski definition) is 2. The molecule has 0 saturated carbocycles. The molecule has 6 nitrogen and oxygen atoms in total. The molecule has 0 heterocycles. The minimum Gasteiger partial charge on any atom is -0.465 e. The maximum absolute atomic E-state index is 13.6. The minimum absolute atomic E-state index is 0.280. The number of carbonyl (C=O) groups excluding carboxylic acids is 2. The lowest BCUT2D eigenvalue weighted by Crippen LogP contribution is -2.24. The summed E-state index contributed by atoms with van der Waals surface area (Å²) in [6.07, 6.45) is -9.74. The molecule has 1 amide bonds. The molecule has 186 valence electrons. The number of amides is 1. The van der Waals surface area contributed by atoms with Gasteiger partial charge in [0.05, 0.1) is 29.4 Å². The van der Waals surface area contributed by atoms with Crippen LogP contribution in [0.25, 0.3) is 0 Å². The first kappa shape index (κ1) is 28.3. The van der Waals surface area contributed by atoms with Crippen molar-refractivity contribution in [1.82, 2.24) is 0 Å². The van der Waals surface area contributed by atoms with E-state index < -0.39 is 64.1 Å². The second-order valence-corrected chi connectivity index (χ2v) is 6.57. The van der Waals surface area contributed by atoms with E-state index >= 15 is 0 Å². The van der Waals surface area contributed by atoms with Gasteiger partial charge in [0, 0.05) is 0 Å². The molecule has 0 bridgehead atoms. The van der Waals surface area contributed by atoms with Crippen LogP contribution in [0.15, 0.2) is 29.3 Å². The van der Waals surface area contributed by atoms with Crippen LogP contribution >= 0.6 is 0 Å². The average Bonchev–Trinajstić information content (AvgIpc) is 2.65. The van der Waals surface area contributed by atoms with Crippen molar-refractivity contribution in [3.63, 3.8) is 0 Å². The molecule has 0 aromatic heterocycles. The van der Waals surface area contributed by atoms with Crippen molar-refractivity contribution < 1.29 is 49.4 Å². The molecule has 0 aliphatic carbocycles. The highest BCUT2D eigenvalue weighted by Crippen LogP contribution is 2.36. The van der Waals surface area contributed by atoms with Gasteiger partial charge in [-0.25, -0.2) is 13.6 Å². The summed E-state index contributed by atoms with van der Waals surface area (Å²) >= 11 is 0. The van der Waals surface area contributed by atoms with E-state index in [9.17, 15) is 44.7 Å². The molecule has 0 aliphatic rings. The SMILES string of the molecule is COC(=O)c1ccc(C)c(C(F)(F)F)c1F.Cc1ccc(C(=O)N=C(N)N)c(F)c1C(F)(F)F. The van der Waals surface area contributed by atoms with E-state index in [0.29, 0.717) is 0 Å². The number of aliphatic imine (C=N–C) groups is 1. The van der Waals surface area contributed by atoms with Crippen molar-refractivity contribution in [2.45, 2.75) is 26.2 Å². The number of nitrogens with two attached hydrogens (primary N) is 2. The first-order valence-corrected chi connectivity index (χ1v) is 8.88. The van der Waals surface area contributed by atoms with Gasteiger partial charge in [-0.1, -0.05) is 12.1 Å². The zero-order chi connectivity index (χ0) is 26.6. The van der Waals surface area contributed by atoms with Crippen LogP contribution in [0.4, 0.5) is 35.1 Å². The van der Waals surface area contributed by atoms with Crippen LogP contribution in [-0.2, 0) is 17.1 Å². The third kappa shape index (κ3) is 6.65. The molecule has 2 aromatic carbocycles. The van der Waals surface area contributed by atoms with E-state index in [0.717, 1.165) is 45.2 Å². The summed E-state index contributed by atoms with van der Waals surface area (Å²) in [6, 6.07) is 3.86. The highest BCUT2D eigenvalue weighted by atomic mass is 19.4. The van der Waals surface area contributed by atoms with Gasteiger partial charge in [0.15, 0.2) is 5.96 Å². The number of halogens is 8. The lowest BCUT2D eigenvalue weighted by molar-refractivity contribution is -0.141. The normalized spacial score (nSPS) is 11.3. The van der Waals surface area contributed by atoms with E-state index in [4.69, 9.17) is 11.5 Å². The number of benzene rings is 2. The summed E-state index contributed by atoms with van der Waals surface area (Å²) in [6.45, 7) is 2.20. The highest BCUT2D eigenvalue weighted by Gasteiger charge is 2.38. The minimum atomic E-state index is -4.90. The Bertz CT molecular complexity index is 1120. The van der Waals surface area contributed by atoms with E-state index in [2.05, 4.69) is 9.73 Å². The quantitative estimate of drug-likeness (QED) is 0.274. The molecule has 0 unspecified atom stereocenters. The van der Waals surface area contributed by atoms with Crippen molar-refractivity contribution in [2.24, 2.45) is 16.5 Å². The Balaban J connectivity index is 0.000000342. The molecule has 14 heteroatoms. The smallest absolute Gasteiger partial charge is 0.419 e. The molecule has 2 aromatic rings. The lowest BCUT2D eigenvalue weighted by Gasteiger charge is -2.13. The number of nitrogens with zero attached hydrogens (tertiary/aromatic N) is 1. The zero-order valence-electron chi connectivity index (χ0n) is 17.7. The van der Waals surface area contributed by atoms with Crippen LogP contribution in [0.2, 0.25) is 0 Å². The standard InChI is InChI=1S/C10H9F4N3O.C10H8F4O2/c1-4-2-3-5(8(18)17-9(15)16)7(11)6(4)10(12,13)14;1-5-3-4-6(9(15)16-2)8(11)7(5)10(12,13)14/h2-3H,1H3,(H4,15,16,17,18);3-4H,1-2H3. The summed E-state index contributed by atoms with van der Waals surface area (Å²) in [7, 11) is 0.967. The summed E-state index contributed by atoms with van der Waals surface area (Å²) in [5.41, 5.74) is 4.69. The lowest BCUT2D eigenvalue weighted by atomic mass is 10.0. The van der Waals surface area contributed by atoms with Gasteiger partial charge in [0.2, 0.25) is 0 Å². The van der Waals surface area contributed by atoms with Gasteiger partial charge in [0.1, 0.15) is 11.6 Å². The van der Waals surface area contributed by atoms with Gasteiger partial charge in [0.25, 0.3) is 5.91 Å². The third-order valence-electron chi connectivity index (χ3n) is 4.13. The van der Waals surface area contributed by atoms with Crippen molar-refractivity contribution in [3.8, 4) is 0 Å². The Kier molecular flexibility index (Phi) is 8.73. The number of guanidine groups is 1. The average molecular weight is 499 g/mol. The first-order valence-electron chi connectivity index (χ1n) is 8.88. The number of esters is 1. The maximum Gasteiger partial charge on any atom is 0.419 e. The van der Waals surface area contributed by atoms with E-state index in [1.54, 1.807) is 0 Å². The molecule has 2 rings (SSSR count). The number of alkyl halides is 6. The van der Waals surface area contributed by atoms with Crippen LogP contribution in [0, 0.1) is 25.5 Å². The summed E-state index contributed by atoms with van der Waals surface area (Å²) in [4.78, 5) is 25.3. The largest absolute Gasteiger partial charge is 0.465 e. The fourth-order valence-electron chi connectivity index (χ4n) is 2.65. The topological polar surface area (TPSA) is 108 Å². The second-order valence-electron chi connectivity index (χ2n) is 6.57. The van der Waals surface area contributed by atoms with Crippen LogP contribution in [0.3, 0.4) is 0 Å². The maximum atomic E-state index is 13.6. The molecule has 0 atom stereocenters. The molecular weight excluding hydrogens is 482 g/mol. The molecule has 34 heavy (non-hydrogen) atoms. The Labute approximate surface area is 187 Å². The third-order valence-corrected chi connectivity index (χ3v) is 4.13. The number of rotatable bonds is 2. The molecule has 0 fully saturated rings. The highest BCUT2D eigenvalue weighted by molar-refractivity contribution is 6.02. The zero-order valence-corrected chi connectivity index (χ0v) is 17.7. The molecule has 0 saturated heterocycles. The van der Waals surface area contributed by atoms with Crippen LogP contribution in [-0.4, -0.2) is 24.9 Å². The van der Waals surface area contributed by atoms with Crippen molar-refractivity contribution in [1.29, 1.82) is 0 Å². The Hall–Kier alpha value is -3.71. The van der Waals surface area contributed by atoms with Crippen LogP contribution in [0.5, 0.6) is 0 Å². The molecular formula is C20H17F8N3O3. The van der Waals surface area contributed by atoms with Gasteiger partial charge in [-0.3, -0.25) is 4.79 Å². The van der Waals surface area contributed by atoms with Gasteiger partial charge in [-0.2, -0.15) is 31.3 Å². The number of hydrogen-bond acceptors (Lipinski definition) is 3. The Morgan fingerprint density at radius 2 is 1.18 bits per heavy atom. The molecule has 4 N–H and O–H groups in total. The fourth-order valence-corrected chi connectivity index (χ4v) is 2.65. The number of methoxy groups -OCH3 is 1. The van der Waals surface area contributed by atoms with Crippen LogP contribution < -0.4 is 11.5 Å². The van der Waals surface area contributed by atoms with Crippen molar-refractivity contribution in [2.75, 3.05) is 7.11 Å². The van der Waals surface area contributed by atoms with Crippen molar-refractivity contribution in [3.05, 3.63) is 69.3 Å². The summed E-state index contributed by atoms with van der Waals surface area (Å²) in [5.74, 6) is -6.34. The van der Waals surface area contributed by atoms with Crippen molar-refractivity contribution >= 4 is 17.8 Å². The fraction of sp³-hybridized carbons (Fsp3) is 0.250. The predicted octanol–water partition coefficient (Wildman–Crippen LogP) is 4.51. The molecule has 0 aliphatic heterocycles. The summed E-state index contributed by atoms with van der Waals surface area (Å²) < 4.78 is 106. The Morgan fingerprint density at radius 1 is 0.794 bits per heavy atom. The van der Waals surface area contributed by atoms with Gasteiger partial charge in [-0.15, -0.1) is 0 Å². The van der Waals surface area contributed by atoms with Crippen LogP contribution in [0.1, 0.15) is 43.0 Å². The van der Waals surface area contributed by atoms with E-state index in [-0.39, 0.29) is 11.1 Å². The Morgan fingerprint density at radius 3 is 1.53 bits per heavy atom. The monoisotopic (exact) mass is 499 g/mol. The molecule has 0 radical (unpaired) electrons. The first-order chi connectivity index (χ1) is 15.4.